The quantitative estimate of drug-likeness (QED) is 0.802. The van der Waals surface area contributed by atoms with Crippen LogP contribution < -0.4 is 10.9 Å². The Kier molecular flexibility index (Phi) is 5.99. The van der Waals surface area contributed by atoms with E-state index in [1.54, 1.807) is 12.1 Å². The molecule has 5 nitrogen and oxygen atoms in total. The van der Waals surface area contributed by atoms with Gasteiger partial charge in [-0.25, -0.2) is 5.43 Å². The predicted molar refractivity (Wildman–Crippen MR) is 98.6 cm³/mol. The van der Waals surface area contributed by atoms with Gasteiger partial charge in [0.25, 0.3) is 5.91 Å². The summed E-state index contributed by atoms with van der Waals surface area (Å²) in [6.45, 7) is 0. The van der Waals surface area contributed by atoms with Crippen LogP contribution in [0.1, 0.15) is 74.6 Å². The van der Waals surface area contributed by atoms with Gasteiger partial charge in [0.1, 0.15) is 0 Å². The first-order valence-electron chi connectivity index (χ1n) is 9.08. The lowest BCUT2D eigenvalue weighted by Crippen LogP contribution is -2.20. The Morgan fingerprint density at radius 3 is 1.88 bits per heavy atom. The molecular formula is C19H26N4O. The maximum atomic E-state index is 12.1. The summed E-state index contributed by atoms with van der Waals surface area (Å²) in [6, 6.07) is 7.38. The van der Waals surface area contributed by atoms with E-state index >= 15 is 0 Å². The summed E-state index contributed by atoms with van der Waals surface area (Å²) >= 11 is 0. The molecule has 1 aromatic rings. The van der Waals surface area contributed by atoms with Crippen molar-refractivity contribution in [3.05, 3.63) is 29.8 Å². The van der Waals surface area contributed by atoms with Gasteiger partial charge in [-0.05, 0) is 75.6 Å². The van der Waals surface area contributed by atoms with Crippen LogP contribution in [0.2, 0.25) is 0 Å². The number of hydrazone groups is 2. The average molecular weight is 326 g/mol. The van der Waals surface area contributed by atoms with Crippen LogP contribution in [0.5, 0.6) is 0 Å². The maximum absolute atomic E-state index is 12.1. The second-order valence-electron chi connectivity index (χ2n) is 6.61. The zero-order valence-corrected chi connectivity index (χ0v) is 14.2. The monoisotopic (exact) mass is 326 g/mol. The van der Waals surface area contributed by atoms with Gasteiger partial charge >= 0.3 is 0 Å². The van der Waals surface area contributed by atoms with E-state index in [0.29, 0.717) is 5.56 Å². The Morgan fingerprint density at radius 2 is 1.29 bits per heavy atom. The SMILES string of the molecule is O=C(NN=C1CCCCC1)c1ccc(NN=C2CCCCC2)cc1. The first kappa shape index (κ1) is 16.7. The van der Waals surface area contributed by atoms with Gasteiger partial charge < -0.3 is 0 Å². The largest absolute Gasteiger partial charge is 0.279 e. The third-order valence-corrected chi connectivity index (χ3v) is 4.67. The molecule has 2 N–H and O–H groups in total. The maximum Gasteiger partial charge on any atom is 0.271 e. The lowest BCUT2D eigenvalue weighted by atomic mass is 9.99. The Balaban J connectivity index is 1.52. The summed E-state index contributed by atoms with van der Waals surface area (Å²) in [5, 5.41) is 8.73. The number of carbonyl (C=O) groups excluding carboxylic acids is 1. The molecule has 2 saturated carbocycles. The van der Waals surface area contributed by atoms with E-state index in [1.807, 2.05) is 12.1 Å². The van der Waals surface area contributed by atoms with E-state index in [9.17, 15) is 4.79 Å². The summed E-state index contributed by atoms with van der Waals surface area (Å²) in [6.07, 6.45) is 11.6. The van der Waals surface area contributed by atoms with Crippen LogP contribution in [0.25, 0.3) is 0 Å². The smallest absolute Gasteiger partial charge is 0.271 e. The Hall–Kier alpha value is -2.17. The lowest BCUT2D eigenvalue weighted by molar-refractivity contribution is 0.0954. The molecule has 2 aliphatic carbocycles. The van der Waals surface area contributed by atoms with Crippen molar-refractivity contribution < 1.29 is 4.79 Å². The zero-order chi connectivity index (χ0) is 16.6. The Labute approximate surface area is 143 Å². The van der Waals surface area contributed by atoms with Crippen molar-refractivity contribution in [3.8, 4) is 0 Å². The van der Waals surface area contributed by atoms with Gasteiger partial charge in [-0.2, -0.15) is 10.2 Å². The normalized spacial score (nSPS) is 18.0. The topological polar surface area (TPSA) is 65.8 Å². The first-order chi connectivity index (χ1) is 11.8. The molecule has 3 rings (SSSR count). The van der Waals surface area contributed by atoms with Crippen molar-refractivity contribution in [1.82, 2.24) is 5.43 Å². The summed E-state index contributed by atoms with van der Waals surface area (Å²) in [5.74, 6) is -0.154. The first-order valence-corrected chi connectivity index (χ1v) is 9.08. The number of amides is 1. The summed E-state index contributed by atoms with van der Waals surface area (Å²) < 4.78 is 0. The van der Waals surface area contributed by atoms with Crippen LogP contribution in [0, 0.1) is 0 Å². The lowest BCUT2D eigenvalue weighted by Gasteiger charge is -2.13. The highest BCUT2D eigenvalue weighted by Crippen LogP contribution is 2.16. The number of nitrogens with one attached hydrogen (secondary N) is 2. The highest BCUT2D eigenvalue weighted by atomic mass is 16.2. The van der Waals surface area contributed by atoms with Crippen molar-refractivity contribution in [2.45, 2.75) is 64.2 Å². The fourth-order valence-electron chi connectivity index (χ4n) is 3.18. The molecule has 0 aliphatic heterocycles. The van der Waals surface area contributed by atoms with Crippen LogP contribution in [0.15, 0.2) is 34.5 Å². The van der Waals surface area contributed by atoms with Crippen LogP contribution >= 0.6 is 0 Å². The second-order valence-corrected chi connectivity index (χ2v) is 6.61. The molecule has 1 amide bonds. The average Bonchev–Trinajstić information content (AvgIpc) is 2.66. The molecular weight excluding hydrogens is 300 g/mol. The molecule has 128 valence electrons. The number of nitrogens with zero attached hydrogens (tertiary/aromatic N) is 2. The minimum absolute atomic E-state index is 0.154. The van der Waals surface area contributed by atoms with E-state index in [-0.39, 0.29) is 5.91 Å². The van der Waals surface area contributed by atoms with Gasteiger partial charge in [0.05, 0.1) is 5.69 Å². The third kappa shape index (κ3) is 4.91. The minimum Gasteiger partial charge on any atom is -0.279 e. The van der Waals surface area contributed by atoms with Crippen LogP contribution in [-0.2, 0) is 0 Å². The highest BCUT2D eigenvalue weighted by molar-refractivity contribution is 5.95. The van der Waals surface area contributed by atoms with Crippen molar-refractivity contribution in [3.63, 3.8) is 0 Å². The molecule has 2 aliphatic rings. The summed E-state index contributed by atoms with van der Waals surface area (Å²) in [5.41, 5.74) is 9.64. The fourth-order valence-corrected chi connectivity index (χ4v) is 3.18. The molecule has 0 atom stereocenters. The number of hydrogen-bond acceptors (Lipinski definition) is 4. The van der Waals surface area contributed by atoms with Crippen LogP contribution in [0.4, 0.5) is 5.69 Å². The highest BCUT2D eigenvalue weighted by Gasteiger charge is 2.09. The standard InChI is InChI=1S/C19H26N4O/c24-19(23-22-17-9-5-2-6-10-17)15-11-13-18(14-12-15)21-20-16-7-3-1-4-8-16/h11-14,21H,1-10H2,(H,23,24). The molecule has 0 bridgehead atoms. The summed E-state index contributed by atoms with van der Waals surface area (Å²) in [4.78, 5) is 12.1. The summed E-state index contributed by atoms with van der Waals surface area (Å²) in [7, 11) is 0. The van der Waals surface area contributed by atoms with Gasteiger partial charge in [0, 0.05) is 17.0 Å². The van der Waals surface area contributed by atoms with E-state index in [2.05, 4.69) is 21.1 Å². The van der Waals surface area contributed by atoms with E-state index in [1.165, 1.54) is 44.2 Å². The molecule has 0 aromatic heterocycles. The van der Waals surface area contributed by atoms with E-state index in [0.717, 1.165) is 37.1 Å². The predicted octanol–water partition coefficient (Wildman–Crippen LogP) is 4.47. The molecule has 5 heteroatoms. The van der Waals surface area contributed by atoms with Crippen LogP contribution in [-0.4, -0.2) is 17.3 Å². The molecule has 0 spiro atoms. The fraction of sp³-hybridized carbons (Fsp3) is 0.526. The van der Waals surface area contributed by atoms with Gasteiger partial charge in [-0.3, -0.25) is 10.2 Å². The molecule has 2 fully saturated rings. The number of anilines is 1. The van der Waals surface area contributed by atoms with E-state index in [4.69, 9.17) is 0 Å². The molecule has 24 heavy (non-hydrogen) atoms. The van der Waals surface area contributed by atoms with Crippen molar-refractivity contribution in [2.24, 2.45) is 10.2 Å². The van der Waals surface area contributed by atoms with Crippen LogP contribution in [0.3, 0.4) is 0 Å². The van der Waals surface area contributed by atoms with Gasteiger partial charge in [-0.15, -0.1) is 0 Å². The van der Waals surface area contributed by atoms with Gasteiger partial charge in [-0.1, -0.05) is 12.8 Å². The Bertz CT molecular complexity index is 603. The zero-order valence-electron chi connectivity index (χ0n) is 14.2. The van der Waals surface area contributed by atoms with Crippen molar-refractivity contribution >= 4 is 23.0 Å². The van der Waals surface area contributed by atoms with Crippen molar-refractivity contribution in [1.29, 1.82) is 0 Å². The molecule has 0 radical (unpaired) electrons. The molecule has 0 heterocycles. The number of carbonyl (C=O) groups is 1. The van der Waals surface area contributed by atoms with Crippen molar-refractivity contribution in [2.75, 3.05) is 5.43 Å². The molecule has 0 unspecified atom stereocenters. The number of benzene rings is 1. The van der Waals surface area contributed by atoms with E-state index < -0.39 is 0 Å². The van der Waals surface area contributed by atoms with Gasteiger partial charge in [0.2, 0.25) is 0 Å². The number of rotatable bonds is 4. The molecule has 1 aromatic carbocycles. The third-order valence-electron chi connectivity index (χ3n) is 4.67. The molecule has 0 saturated heterocycles. The number of hydrogen-bond donors (Lipinski definition) is 2. The van der Waals surface area contributed by atoms with Gasteiger partial charge in [0.15, 0.2) is 0 Å². The Morgan fingerprint density at radius 1 is 0.750 bits per heavy atom. The minimum atomic E-state index is -0.154. The second kappa shape index (κ2) is 8.62.